The zero-order chi connectivity index (χ0) is 16.1. The lowest BCUT2D eigenvalue weighted by molar-refractivity contribution is -0.111. The Morgan fingerprint density at radius 2 is 2.17 bits per heavy atom. The van der Waals surface area contributed by atoms with Crippen molar-refractivity contribution in [3.8, 4) is 0 Å². The highest BCUT2D eigenvalue weighted by molar-refractivity contribution is 7.10. The third kappa shape index (κ3) is 4.21. The van der Waals surface area contributed by atoms with Crippen molar-refractivity contribution in [1.82, 2.24) is 0 Å². The molecule has 0 spiro atoms. The molecule has 1 aromatic carbocycles. The van der Waals surface area contributed by atoms with Crippen LogP contribution in [0.4, 0.5) is 11.4 Å². The molecule has 3 rings (SSSR count). The average Bonchev–Trinajstić information content (AvgIpc) is 3.25. The van der Waals surface area contributed by atoms with E-state index in [2.05, 4.69) is 10.2 Å². The molecule has 1 fully saturated rings. The van der Waals surface area contributed by atoms with Gasteiger partial charge in [-0.25, -0.2) is 0 Å². The summed E-state index contributed by atoms with van der Waals surface area (Å²) in [6.07, 6.45) is 4.76. The fourth-order valence-corrected chi connectivity index (χ4v) is 3.26. The summed E-state index contributed by atoms with van der Waals surface area (Å²) in [4.78, 5) is 15.3. The van der Waals surface area contributed by atoms with Crippen molar-refractivity contribution in [1.29, 1.82) is 0 Å². The van der Waals surface area contributed by atoms with E-state index in [0.29, 0.717) is 6.10 Å². The van der Waals surface area contributed by atoms with E-state index in [1.54, 1.807) is 24.5 Å². The molecular weight excluding hydrogens is 308 g/mol. The highest BCUT2D eigenvalue weighted by Gasteiger charge is 2.21. The molecular formula is C18H20N2O2S. The lowest BCUT2D eigenvalue weighted by atomic mass is 10.2. The molecule has 0 bridgehead atoms. The fourth-order valence-electron chi connectivity index (χ4n) is 2.64. The van der Waals surface area contributed by atoms with Gasteiger partial charge in [0, 0.05) is 42.5 Å². The van der Waals surface area contributed by atoms with Gasteiger partial charge in [0.15, 0.2) is 0 Å². The molecule has 1 aromatic heterocycles. The summed E-state index contributed by atoms with van der Waals surface area (Å²) in [5, 5.41) is 4.87. The van der Waals surface area contributed by atoms with Crippen molar-refractivity contribution in [2.75, 3.05) is 30.4 Å². The molecule has 0 radical (unpaired) electrons. The molecule has 1 N–H and O–H groups in total. The molecule has 5 heteroatoms. The van der Waals surface area contributed by atoms with Crippen LogP contribution >= 0.6 is 11.3 Å². The maximum Gasteiger partial charge on any atom is 0.248 e. The highest BCUT2D eigenvalue weighted by Crippen LogP contribution is 2.23. The van der Waals surface area contributed by atoms with E-state index < -0.39 is 0 Å². The highest BCUT2D eigenvalue weighted by atomic mass is 32.1. The minimum Gasteiger partial charge on any atom is -0.380 e. The molecule has 1 atom stereocenters. The molecule has 23 heavy (non-hydrogen) atoms. The molecule has 2 heterocycles. The molecule has 0 aliphatic carbocycles. The monoisotopic (exact) mass is 328 g/mol. The van der Waals surface area contributed by atoms with Gasteiger partial charge >= 0.3 is 0 Å². The van der Waals surface area contributed by atoms with E-state index >= 15 is 0 Å². The smallest absolute Gasteiger partial charge is 0.248 e. The summed E-state index contributed by atoms with van der Waals surface area (Å²) in [5.74, 6) is -0.119. The van der Waals surface area contributed by atoms with E-state index in [4.69, 9.17) is 4.74 Å². The van der Waals surface area contributed by atoms with Crippen LogP contribution in [0, 0.1) is 0 Å². The second-order valence-corrected chi connectivity index (χ2v) is 6.46. The summed E-state index contributed by atoms with van der Waals surface area (Å²) in [6, 6.07) is 11.9. The number of amides is 1. The van der Waals surface area contributed by atoms with Gasteiger partial charge in [-0.05, 0) is 48.2 Å². The van der Waals surface area contributed by atoms with Crippen LogP contribution in [0.2, 0.25) is 0 Å². The van der Waals surface area contributed by atoms with Gasteiger partial charge in [-0.3, -0.25) is 4.79 Å². The van der Waals surface area contributed by atoms with E-state index in [1.165, 1.54) is 0 Å². The van der Waals surface area contributed by atoms with Crippen LogP contribution in [-0.2, 0) is 9.53 Å². The van der Waals surface area contributed by atoms with Crippen molar-refractivity contribution in [2.45, 2.75) is 12.5 Å². The molecule has 0 unspecified atom stereocenters. The van der Waals surface area contributed by atoms with Gasteiger partial charge in [-0.1, -0.05) is 6.07 Å². The SMILES string of the molecule is CO[C@H]1CCN(c2ccc(NC(=O)/C=C/c3cccs3)cc2)C1. The Morgan fingerprint density at radius 3 is 2.83 bits per heavy atom. The van der Waals surface area contributed by atoms with Crippen molar-refractivity contribution in [3.63, 3.8) is 0 Å². The van der Waals surface area contributed by atoms with Crippen LogP contribution in [0.5, 0.6) is 0 Å². The average molecular weight is 328 g/mol. The predicted octanol–water partition coefficient (Wildman–Crippen LogP) is 3.63. The summed E-state index contributed by atoms with van der Waals surface area (Å²) < 4.78 is 5.39. The summed E-state index contributed by atoms with van der Waals surface area (Å²) >= 11 is 1.61. The number of hydrogen-bond donors (Lipinski definition) is 1. The number of hydrogen-bond acceptors (Lipinski definition) is 4. The summed E-state index contributed by atoms with van der Waals surface area (Å²) in [6.45, 7) is 1.93. The van der Waals surface area contributed by atoms with E-state index in [0.717, 1.165) is 35.8 Å². The molecule has 2 aromatic rings. The van der Waals surface area contributed by atoms with Gasteiger partial charge in [0.1, 0.15) is 0 Å². The fraction of sp³-hybridized carbons (Fsp3) is 0.278. The van der Waals surface area contributed by atoms with Crippen molar-refractivity contribution in [3.05, 3.63) is 52.7 Å². The Balaban J connectivity index is 1.56. The maximum absolute atomic E-state index is 11.9. The van der Waals surface area contributed by atoms with Crippen LogP contribution < -0.4 is 10.2 Å². The summed E-state index contributed by atoms with van der Waals surface area (Å²) in [7, 11) is 1.76. The third-order valence-corrected chi connectivity index (χ3v) is 4.76. The van der Waals surface area contributed by atoms with Crippen molar-refractivity contribution in [2.24, 2.45) is 0 Å². The molecule has 4 nitrogen and oxygen atoms in total. The largest absolute Gasteiger partial charge is 0.380 e. The van der Waals surface area contributed by atoms with Crippen molar-refractivity contribution < 1.29 is 9.53 Å². The maximum atomic E-state index is 11.9. The number of rotatable bonds is 5. The number of carbonyl (C=O) groups is 1. The number of anilines is 2. The second-order valence-electron chi connectivity index (χ2n) is 5.48. The number of thiophene rings is 1. The van der Waals surface area contributed by atoms with Crippen LogP contribution in [-0.4, -0.2) is 32.2 Å². The molecule has 1 aliphatic heterocycles. The second kappa shape index (κ2) is 7.44. The number of ether oxygens (including phenoxy) is 1. The standard InChI is InChI=1S/C18H20N2O2S/c1-22-16-10-11-20(13-16)15-6-4-14(5-7-15)19-18(21)9-8-17-3-2-12-23-17/h2-9,12,16H,10-11,13H2,1H3,(H,19,21)/b9-8+/t16-/m0/s1. The van der Waals surface area contributed by atoms with E-state index in [1.807, 2.05) is 47.9 Å². The quantitative estimate of drug-likeness (QED) is 0.852. The Hall–Kier alpha value is -2.11. The Morgan fingerprint density at radius 1 is 1.35 bits per heavy atom. The lowest BCUT2D eigenvalue weighted by Gasteiger charge is -2.18. The number of benzene rings is 1. The van der Waals surface area contributed by atoms with E-state index in [9.17, 15) is 4.79 Å². The zero-order valence-corrected chi connectivity index (χ0v) is 13.9. The Labute approximate surface area is 140 Å². The lowest BCUT2D eigenvalue weighted by Crippen LogP contribution is -2.22. The number of nitrogens with one attached hydrogen (secondary N) is 1. The first kappa shape index (κ1) is 15.8. The van der Waals surface area contributed by atoms with Crippen LogP contribution in [0.25, 0.3) is 6.08 Å². The molecule has 0 saturated carbocycles. The molecule has 1 amide bonds. The predicted molar refractivity (Wildman–Crippen MR) is 96.1 cm³/mol. The zero-order valence-electron chi connectivity index (χ0n) is 13.1. The van der Waals surface area contributed by atoms with Crippen molar-refractivity contribution >= 4 is 34.7 Å². The summed E-state index contributed by atoms with van der Waals surface area (Å²) in [5.41, 5.74) is 1.97. The number of carbonyl (C=O) groups excluding carboxylic acids is 1. The van der Waals surface area contributed by atoms with Gasteiger partial charge < -0.3 is 15.0 Å². The first-order chi connectivity index (χ1) is 11.2. The number of nitrogens with zero attached hydrogens (tertiary/aromatic N) is 1. The van der Waals surface area contributed by atoms with Crippen LogP contribution in [0.3, 0.4) is 0 Å². The minimum absolute atomic E-state index is 0.119. The van der Waals surface area contributed by atoms with Gasteiger partial charge in [0.2, 0.25) is 5.91 Å². The molecule has 120 valence electrons. The first-order valence-electron chi connectivity index (χ1n) is 7.65. The number of methoxy groups -OCH3 is 1. The Kier molecular flexibility index (Phi) is 5.10. The molecule has 1 aliphatic rings. The minimum atomic E-state index is -0.119. The van der Waals surface area contributed by atoms with E-state index in [-0.39, 0.29) is 5.91 Å². The normalized spacial score (nSPS) is 17.8. The first-order valence-corrected chi connectivity index (χ1v) is 8.53. The van der Waals surface area contributed by atoms with Gasteiger partial charge in [0.25, 0.3) is 0 Å². The van der Waals surface area contributed by atoms with Gasteiger partial charge in [0.05, 0.1) is 6.10 Å². The van der Waals surface area contributed by atoms with Crippen LogP contribution in [0.15, 0.2) is 47.9 Å². The topological polar surface area (TPSA) is 41.6 Å². The van der Waals surface area contributed by atoms with Gasteiger partial charge in [-0.15, -0.1) is 11.3 Å². The molecule has 1 saturated heterocycles. The van der Waals surface area contributed by atoms with Crippen LogP contribution in [0.1, 0.15) is 11.3 Å². The third-order valence-electron chi connectivity index (χ3n) is 3.92. The van der Waals surface area contributed by atoms with Gasteiger partial charge in [-0.2, -0.15) is 0 Å². The Bertz CT molecular complexity index is 665.